The average Bonchev–Trinajstić information content (AvgIpc) is 2.26. The summed E-state index contributed by atoms with van der Waals surface area (Å²) in [4.78, 5) is 26.4. The minimum absolute atomic E-state index is 0.0491. The van der Waals surface area contributed by atoms with Gasteiger partial charge < -0.3 is 4.74 Å². The van der Waals surface area contributed by atoms with Gasteiger partial charge in [-0.05, 0) is 36.7 Å². The molecular formula is C10H12BrFN2O3. The molecule has 1 heterocycles. The van der Waals surface area contributed by atoms with E-state index in [0.29, 0.717) is 20.4 Å². The van der Waals surface area contributed by atoms with Gasteiger partial charge in [-0.25, -0.2) is 14.0 Å². The molecular weight excluding hydrogens is 295 g/mol. The van der Waals surface area contributed by atoms with E-state index in [2.05, 4.69) is 25.7 Å². The monoisotopic (exact) mass is 306 g/mol. The molecule has 0 bridgehead atoms. The highest BCUT2D eigenvalue weighted by Crippen LogP contribution is 2.20. The van der Waals surface area contributed by atoms with E-state index in [9.17, 15) is 14.0 Å². The number of rotatable bonds is 3. The molecule has 1 atom stereocenters. The van der Waals surface area contributed by atoms with Gasteiger partial charge in [-0.1, -0.05) is 0 Å². The maximum absolute atomic E-state index is 13.8. The molecule has 0 aromatic carbocycles. The summed E-state index contributed by atoms with van der Waals surface area (Å²) in [6.45, 7) is 4.74. The van der Waals surface area contributed by atoms with Gasteiger partial charge in [-0.15, -0.1) is 0 Å². The highest BCUT2D eigenvalue weighted by Gasteiger charge is 2.25. The maximum Gasteiger partial charge on any atom is 0.362 e. The third-order valence-electron chi connectivity index (χ3n) is 2.17. The van der Waals surface area contributed by atoms with Crippen LogP contribution in [0.15, 0.2) is 9.27 Å². The van der Waals surface area contributed by atoms with Gasteiger partial charge in [0.25, 0.3) is 6.30 Å². The lowest BCUT2D eigenvalue weighted by molar-refractivity contribution is -0.153. The Bertz CT molecular complexity index is 501. The third kappa shape index (κ3) is 2.71. The first-order valence-electron chi connectivity index (χ1n) is 4.96. The standard InChI is InChI=1S/C10H12BrFN2O3/c1-4-17-9(15)8(12)14-6(3)7(11)5(2)13-10(14)16/h8H,4H2,1-3H3. The summed E-state index contributed by atoms with van der Waals surface area (Å²) in [5.41, 5.74) is -0.0772. The van der Waals surface area contributed by atoms with Gasteiger partial charge in [-0.2, -0.15) is 4.98 Å². The fourth-order valence-electron chi connectivity index (χ4n) is 1.34. The number of aryl methyl sites for hydroxylation is 1. The molecule has 0 amide bonds. The lowest BCUT2D eigenvalue weighted by atomic mass is 10.3. The van der Waals surface area contributed by atoms with Crippen molar-refractivity contribution in [1.82, 2.24) is 9.55 Å². The Kier molecular flexibility index (Phi) is 4.39. The zero-order valence-corrected chi connectivity index (χ0v) is 11.2. The number of nitrogens with zero attached hydrogens (tertiary/aromatic N) is 2. The first kappa shape index (κ1) is 13.8. The van der Waals surface area contributed by atoms with Crippen LogP contribution in [-0.2, 0) is 9.53 Å². The highest BCUT2D eigenvalue weighted by atomic mass is 79.9. The normalized spacial score (nSPS) is 12.3. The number of esters is 1. The fourth-order valence-corrected chi connectivity index (χ4v) is 1.62. The van der Waals surface area contributed by atoms with Crippen LogP contribution in [0.3, 0.4) is 0 Å². The minimum Gasteiger partial charge on any atom is -0.462 e. The molecule has 0 aliphatic rings. The number of hydrogen-bond donors (Lipinski definition) is 0. The van der Waals surface area contributed by atoms with E-state index in [1.165, 1.54) is 6.92 Å². The van der Waals surface area contributed by atoms with Crippen LogP contribution in [-0.4, -0.2) is 22.1 Å². The second kappa shape index (κ2) is 5.39. The first-order valence-corrected chi connectivity index (χ1v) is 5.75. The van der Waals surface area contributed by atoms with Crippen LogP contribution < -0.4 is 5.69 Å². The van der Waals surface area contributed by atoms with Crippen LogP contribution in [0, 0.1) is 13.8 Å². The summed E-state index contributed by atoms with van der Waals surface area (Å²) >= 11 is 3.18. The highest BCUT2D eigenvalue weighted by molar-refractivity contribution is 9.10. The summed E-state index contributed by atoms with van der Waals surface area (Å²) in [5, 5.41) is 0. The Morgan fingerprint density at radius 2 is 2.18 bits per heavy atom. The Morgan fingerprint density at radius 1 is 1.59 bits per heavy atom. The summed E-state index contributed by atoms with van der Waals surface area (Å²) < 4.78 is 19.4. The number of aromatic nitrogens is 2. The fraction of sp³-hybridized carbons (Fsp3) is 0.500. The van der Waals surface area contributed by atoms with Crippen molar-refractivity contribution in [2.24, 2.45) is 0 Å². The second-order valence-corrected chi connectivity index (χ2v) is 4.13. The Labute approximate surface area is 106 Å². The SMILES string of the molecule is CCOC(=O)C(F)n1c(C)c(Br)c(C)nc1=O. The first-order chi connectivity index (χ1) is 7.90. The molecule has 0 saturated heterocycles. The molecule has 5 nitrogen and oxygen atoms in total. The van der Waals surface area contributed by atoms with Crippen LogP contribution in [0.2, 0.25) is 0 Å². The predicted molar refractivity (Wildman–Crippen MR) is 62.4 cm³/mol. The number of alkyl halides is 1. The van der Waals surface area contributed by atoms with Crippen molar-refractivity contribution in [3.05, 3.63) is 26.3 Å². The summed E-state index contributed by atoms with van der Waals surface area (Å²) in [6.07, 6.45) is -2.17. The maximum atomic E-state index is 13.8. The zero-order chi connectivity index (χ0) is 13.2. The van der Waals surface area contributed by atoms with E-state index in [4.69, 9.17) is 0 Å². The lowest BCUT2D eigenvalue weighted by Gasteiger charge is -2.14. The number of carbonyl (C=O) groups is 1. The van der Waals surface area contributed by atoms with Crippen molar-refractivity contribution in [3.8, 4) is 0 Å². The molecule has 1 rings (SSSR count). The van der Waals surface area contributed by atoms with Crippen LogP contribution in [0.25, 0.3) is 0 Å². The molecule has 1 unspecified atom stereocenters. The zero-order valence-electron chi connectivity index (χ0n) is 9.66. The molecule has 7 heteroatoms. The van der Waals surface area contributed by atoms with Crippen LogP contribution >= 0.6 is 15.9 Å². The summed E-state index contributed by atoms with van der Waals surface area (Å²) in [6, 6.07) is 0. The predicted octanol–water partition coefficient (Wildman–Crippen LogP) is 1.65. The van der Waals surface area contributed by atoms with Crippen molar-refractivity contribution >= 4 is 21.9 Å². The van der Waals surface area contributed by atoms with E-state index in [0.717, 1.165) is 0 Å². The molecule has 1 aromatic rings. The van der Waals surface area contributed by atoms with Crippen LogP contribution in [0.5, 0.6) is 0 Å². The molecule has 0 aliphatic carbocycles. The Morgan fingerprint density at radius 3 is 2.71 bits per heavy atom. The van der Waals surface area contributed by atoms with Crippen LogP contribution in [0.4, 0.5) is 4.39 Å². The van der Waals surface area contributed by atoms with Gasteiger partial charge in [0.1, 0.15) is 0 Å². The van der Waals surface area contributed by atoms with Gasteiger partial charge in [0.05, 0.1) is 16.8 Å². The van der Waals surface area contributed by atoms with Crippen molar-refractivity contribution in [1.29, 1.82) is 0 Å². The molecule has 0 fully saturated rings. The molecule has 0 radical (unpaired) electrons. The molecule has 0 saturated carbocycles. The second-order valence-electron chi connectivity index (χ2n) is 3.34. The topological polar surface area (TPSA) is 61.2 Å². The molecule has 17 heavy (non-hydrogen) atoms. The van der Waals surface area contributed by atoms with Gasteiger partial charge in [0.2, 0.25) is 0 Å². The lowest BCUT2D eigenvalue weighted by Crippen LogP contribution is -2.32. The van der Waals surface area contributed by atoms with Crippen molar-refractivity contribution in [3.63, 3.8) is 0 Å². The Balaban J connectivity index is 3.27. The number of halogens is 2. The summed E-state index contributed by atoms with van der Waals surface area (Å²) in [7, 11) is 0. The van der Waals surface area contributed by atoms with Crippen molar-refractivity contribution in [2.75, 3.05) is 6.61 Å². The van der Waals surface area contributed by atoms with E-state index in [1.807, 2.05) is 0 Å². The van der Waals surface area contributed by atoms with Crippen molar-refractivity contribution in [2.45, 2.75) is 27.1 Å². The largest absolute Gasteiger partial charge is 0.462 e. The Hall–Kier alpha value is -1.24. The molecule has 94 valence electrons. The number of hydrogen-bond acceptors (Lipinski definition) is 4. The summed E-state index contributed by atoms with van der Waals surface area (Å²) in [5.74, 6) is -1.10. The van der Waals surface area contributed by atoms with E-state index >= 15 is 0 Å². The van der Waals surface area contributed by atoms with Gasteiger partial charge >= 0.3 is 11.7 Å². The van der Waals surface area contributed by atoms with Gasteiger partial charge in [-0.3, -0.25) is 4.57 Å². The third-order valence-corrected chi connectivity index (χ3v) is 3.32. The number of carbonyl (C=O) groups excluding carboxylic acids is 1. The molecule has 1 aromatic heterocycles. The van der Waals surface area contributed by atoms with Crippen LogP contribution in [0.1, 0.15) is 24.6 Å². The molecule has 0 aliphatic heterocycles. The average molecular weight is 307 g/mol. The quantitative estimate of drug-likeness (QED) is 0.797. The van der Waals surface area contributed by atoms with Gasteiger partial charge in [0, 0.05) is 5.69 Å². The van der Waals surface area contributed by atoms with E-state index < -0.39 is 18.0 Å². The molecule has 0 N–H and O–H groups in total. The number of ether oxygens (including phenoxy) is 1. The van der Waals surface area contributed by atoms with E-state index in [1.54, 1.807) is 13.8 Å². The van der Waals surface area contributed by atoms with Gasteiger partial charge in [0.15, 0.2) is 0 Å². The minimum atomic E-state index is -2.17. The smallest absolute Gasteiger partial charge is 0.362 e. The molecule has 0 spiro atoms. The van der Waals surface area contributed by atoms with E-state index in [-0.39, 0.29) is 6.61 Å². The van der Waals surface area contributed by atoms with Crippen molar-refractivity contribution < 1.29 is 13.9 Å².